The number of carbonyl (C=O) groups excluding carboxylic acids is 2. The molecule has 146 valence electrons. The Kier molecular flexibility index (Phi) is 4.97. The summed E-state index contributed by atoms with van der Waals surface area (Å²) in [6.07, 6.45) is 2.83. The van der Waals surface area contributed by atoms with Crippen LogP contribution in [0.2, 0.25) is 0 Å². The molecular formula is C22H25B2N3O2. The molecule has 2 unspecified atom stereocenters. The molecule has 0 spiro atoms. The monoisotopic (exact) mass is 385 g/mol. The second kappa shape index (κ2) is 7.21. The lowest BCUT2D eigenvalue weighted by molar-refractivity contribution is -0.134. The Hall–Kier alpha value is -2.27. The summed E-state index contributed by atoms with van der Waals surface area (Å²) in [4.78, 5) is 29.4. The number of carbonyl (C=O) groups is 2. The number of fused-ring (bicyclic) bond motifs is 2. The smallest absolute Gasteiger partial charge is 0.230 e. The first-order chi connectivity index (χ1) is 13.8. The van der Waals surface area contributed by atoms with E-state index in [0.717, 1.165) is 27.6 Å². The molecule has 1 aromatic heterocycles. The lowest BCUT2D eigenvalue weighted by atomic mass is 9.76. The second-order valence-corrected chi connectivity index (χ2v) is 8.08. The lowest BCUT2D eigenvalue weighted by Gasteiger charge is -2.40. The highest BCUT2D eigenvalue weighted by Crippen LogP contribution is 2.40. The molecular weight excluding hydrogens is 360 g/mol. The summed E-state index contributed by atoms with van der Waals surface area (Å²) >= 11 is 0. The number of rotatable bonds is 3. The van der Waals surface area contributed by atoms with Crippen LogP contribution in [0.1, 0.15) is 36.7 Å². The summed E-state index contributed by atoms with van der Waals surface area (Å²) in [6.45, 7) is 7.59. The molecule has 2 atom stereocenters. The van der Waals surface area contributed by atoms with Crippen LogP contribution < -0.4 is 11.1 Å². The highest BCUT2D eigenvalue weighted by Gasteiger charge is 2.38. The number of nitrogens with zero attached hydrogens (tertiary/aromatic N) is 3. The molecule has 0 fully saturated rings. The molecule has 0 N–H and O–H groups in total. The van der Waals surface area contributed by atoms with Gasteiger partial charge in [0.25, 0.3) is 0 Å². The zero-order chi connectivity index (χ0) is 21.0. The number of benzene rings is 1. The lowest BCUT2D eigenvalue weighted by Crippen LogP contribution is -2.48. The first-order valence-electron chi connectivity index (χ1n) is 10.2. The Morgan fingerprint density at radius 2 is 1.90 bits per heavy atom. The SMILES string of the molecule is [B]c1cc2c3c(c([B])n(C(C)=O)c3c1)CC1C2=CC(C(=O)N(CC)CC)CN1C. The maximum atomic E-state index is 13.0. The third-order valence-electron chi connectivity index (χ3n) is 6.40. The minimum absolute atomic E-state index is 0.110. The van der Waals surface area contributed by atoms with Crippen molar-refractivity contribution in [2.24, 2.45) is 5.92 Å². The summed E-state index contributed by atoms with van der Waals surface area (Å²) in [7, 11) is 14.7. The Labute approximate surface area is 174 Å². The largest absolute Gasteiger partial charge is 0.343 e. The van der Waals surface area contributed by atoms with Gasteiger partial charge in [-0.1, -0.05) is 17.6 Å². The summed E-state index contributed by atoms with van der Waals surface area (Å²) < 4.78 is 1.56. The van der Waals surface area contributed by atoms with Gasteiger partial charge >= 0.3 is 0 Å². The second-order valence-electron chi connectivity index (χ2n) is 8.08. The van der Waals surface area contributed by atoms with Crippen molar-refractivity contribution in [3.05, 3.63) is 29.3 Å². The van der Waals surface area contributed by atoms with Crippen molar-refractivity contribution in [1.29, 1.82) is 0 Å². The Balaban J connectivity index is 1.93. The van der Waals surface area contributed by atoms with E-state index in [1.807, 2.05) is 37.9 Å². The zero-order valence-corrected chi connectivity index (χ0v) is 17.5. The van der Waals surface area contributed by atoms with Gasteiger partial charge in [-0.2, -0.15) is 0 Å². The van der Waals surface area contributed by atoms with Gasteiger partial charge < -0.3 is 4.90 Å². The van der Waals surface area contributed by atoms with Crippen LogP contribution in [-0.4, -0.2) is 74.6 Å². The molecule has 1 aliphatic carbocycles. The van der Waals surface area contributed by atoms with Crippen molar-refractivity contribution in [1.82, 2.24) is 14.4 Å². The fourth-order valence-corrected chi connectivity index (χ4v) is 5.01. The molecule has 2 aliphatic rings. The Bertz CT molecular complexity index is 1050. The van der Waals surface area contributed by atoms with Gasteiger partial charge in [0.1, 0.15) is 15.7 Å². The van der Waals surface area contributed by atoms with E-state index in [9.17, 15) is 9.59 Å². The maximum absolute atomic E-state index is 13.0. The fraction of sp³-hybridized carbons (Fsp3) is 0.455. The predicted molar refractivity (Wildman–Crippen MR) is 119 cm³/mol. The Morgan fingerprint density at radius 1 is 1.21 bits per heavy atom. The van der Waals surface area contributed by atoms with Crippen LogP contribution in [-0.2, 0) is 11.2 Å². The van der Waals surface area contributed by atoms with E-state index in [2.05, 4.69) is 11.0 Å². The van der Waals surface area contributed by atoms with Crippen molar-refractivity contribution in [2.45, 2.75) is 33.2 Å². The van der Waals surface area contributed by atoms with Crippen LogP contribution in [0.4, 0.5) is 0 Å². The number of hydrogen-bond acceptors (Lipinski definition) is 3. The molecule has 4 rings (SSSR count). The number of amides is 1. The topological polar surface area (TPSA) is 45.6 Å². The molecule has 29 heavy (non-hydrogen) atoms. The van der Waals surface area contributed by atoms with Crippen LogP contribution >= 0.6 is 0 Å². The minimum Gasteiger partial charge on any atom is -0.343 e. The van der Waals surface area contributed by atoms with Gasteiger partial charge in [0, 0.05) is 38.0 Å². The average molecular weight is 385 g/mol. The van der Waals surface area contributed by atoms with Crippen LogP contribution in [0, 0.1) is 5.92 Å². The van der Waals surface area contributed by atoms with Crippen molar-refractivity contribution >= 4 is 55.0 Å². The molecule has 5 nitrogen and oxygen atoms in total. The van der Waals surface area contributed by atoms with E-state index >= 15 is 0 Å². The highest BCUT2D eigenvalue weighted by molar-refractivity contribution is 6.38. The van der Waals surface area contributed by atoms with E-state index < -0.39 is 0 Å². The van der Waals surface area contributed by atoms with Crippen molar-refractivity contribution in [3.63, 3.8) is 0 Å². The van der Waals surface area contributed by atoms with Crippen molar-refractivity contribution < 1.29 is 9.59 Å². The standard InChI is InChI=1S/C22H25B2N3O2/c1-5-26(6-2)22(29)13-7-15-16-8-14(23)9-19-20(16)17(10-18(15)25(4)11-13)21(24)27(19)12(3)28/h7-9,13,18H,5-6,10-11H2,1-4H3. The van der Waals surface area contributed by atoms with Crippen molar-refractivity contribution in [3.8, 4) is 0 Å². The summed E-state index contributed by atoms with van der Waals surface area (Å²) in [6, 6.07) is 3.87. The average Bonchev–Trinajstić information content (AvgIpc) is 2.95. The summed E-state index contributed by atoms with van der Waals surface area (Å²) in [5.41, 5.74) is 4.91. The number of hydrogen-bond donors (Lipinski definition) is 0. The molecule has 4 radical (unpaired) electrons. The van der Waals surface area contributed by atoms with Crippen LogP contribution in [0.15, 0.2) is 18.2 Å². The van der Waals surface area contributed by atoms with Gasteiger partial charge in [-0.05, 0) is 55.7 Å². The summed E-state index contributed by atoms with van der Waals surface area (Å²) in [5, 5.41) is 0.985. The van der Waals surface area contributed by atoms with Gasteiger partial charge in [-0.15, -0.1) is 0 Å². The third kappa shape index (κ3) is 2.98. The van der Waals surface area contributed by atoms with Crippen LogP contribution in [0.5, 0.6) is 0 Å². The first-order valence-corrected chi connectivity index (χ1v) is 10.2. The molecule has 0 saturated carbocycles. The highest BCUT2D eigenvalue weighted by atomic mass is 16.2. The van der Waals surface area contributed by atoms with Gasteiger partial charge in [0.05, 0.1) is 11.4 Å². The van der Waals surface area contributed by atoms with Crippen LogP contribution in [0.3, 0.4) is 0 Å². The first kappa shape index (κ1) is 20.0. The molecule has 1 aromatic carbocycles. The van der Waals surface area contributed by atoms with E-state index in [4.69, 9.17) is 15.7 Å². The van der Waals surface area contributed by atoms with Gasteiger partial charge in [-0.25, -0.2) is 0 Å². The molecule has 7 heteroatoms. The number of aromatic nitrogens is 1. The quantitative estimate of drug-likeness (QED) is 0.729. The van der Waals surface area contributed by atoms with E-state index in [1.54, 1.807) is 4.57 Å². The fourth-order valence-electron chi connectivity index (χ4n) is 5.01. The molecule has 2 aromatic rings. The van der Waals surface area contributed by atoms with Crippen LogP contribution in [0.25, 0.3) is 16.5 Å². The summed E-state index contributed by atoms with van der Waals surface area (Å²) in [5.74, 6) is -0.173. The van der Waals surface area contributed by atoms with E-state index in [1.165, 1.54) is 6.92 Å². The van der Waals surface area contributed by atoms with Gasteiger partial charge in [0.15, 0.2) is 0 Å². The molecule has 0 saturated heterocycles. The molecule has 2 heterocycles. The third-order valence-corrected chi connectivity index (χ3v) is 6.40. The van der Waals surface area contributed by atoms with Gasteiger partial charge in [-0.3, -0.25) is 19.1 Å². The number of likely N-dealkylation sites (N-methyl/N-ethyl adjacent to an activating group) is 1. The van der Waals surface area contributed by atoms with E-state index in [-0.39, 0.29) is 23.8 Å². The predicted octanol–water partition coefficient (Wildman–Crippen LogP) is 0.627. The molecule has 1 aliphatic heterocycles. The normalized spacial score (nSPS) is 21.0. The zero-order valence-electron chi connectivity index (χ0n) is 17.5. The van der Waals surface area contributed by atoms with Gasteiger partial charge in [0.2, 0.25) is 11.8 Å². The molecule has 1 amide bonds. The minimum atomic E-state index is -0.198. The maximum Gasteiger partial charge on any atom is 0.230 e. The van der Waals surface area contributed by atoms with Crippen molar-refractivity contribution in [2.75, 3.05) is 26.7 Å². The molecule has 0 bridgehead atoms. The Morgan fingerprint density at radius 3 is 2.52 bits per heavy atom. The van der Waals surface area contributed by atoms with E-state index in [0.29, 0.717) is 37.1 Å².